The first-order valence-electron chi connectivity index (χ1n) is 5.54. The van der Waals surface area contributed by atoms with Gasteiger partial charge in [0.2, 0.25) is 0 Å². The van der Waals surface area contributed by atoms with Crippen molar-refractivity contribution in [1.29, 1.82) is 0 Å². The number of nitrogens with one attached hydrogen (secondary N) is 1. The van der Waals surface area contributed by atoms with Crippen molar-refractivity contribution in [1.82, 2.24) is 5.32 Å². The van der Waals surface area contributed by atoms with Gasteiger partial charge in [0.15, 0.2) is 0 Å². The average molecular weight is 434 g/mol. The van der Waals surface area contributed by atoms with Gasteiger partial charge >= 0.3 is 0 Å². The van der Waals surface area contributed by atoms with Crippen LogP contribution >= 0.6 is 38.5 Å². The number of amides is 1. The van der Waals surface area contributed by atoms with Gasteiger partial charge in [-0.15, -0.1) is 0 Å². The molecular weight excluding hydrogens is 424 g/mol. The fourth-order valence-corrected chi connectivity index (χ4v) is 2.78. The number of halogens is 3. The third-order valence-electron chi connectivity index (χ3n) is 2.49. The molecule has 0 saturated heterocycles. The molecule has 98 valence electrons. The molecule has 0 bridgehead atoms. The highest BCUT2D eigenvalue weighted by atomic mass is 127. The van der Waals surface area contributed by atoms with Crippen LogP contribution in [0.25, 0.3) is 0 Å². The molecule has 1 amide bonds. The highest BCUT2D eigenvalue weighted by molar-refractivity contribution is 14.1. The molecule has 2 rings (SSSR count). The quantitative estimate of drug-likeness (QED) is 0.724. The van der Waals surface area contributed by atoms with Gasteiger partial charge in [-0.2, -0.15) is 0 Å². The van der Waals surface area contributed by atoms with Gasteiger partial charge in [-0.3, -0.25) is 4.79 Å². The first kappa shape index (κ1) is 14.5. The van der Waals surface area contributed by atoms with Gasteiger partial charge < -0.3 is 5.32 Å². The second kappa shape index (κ2) is 6.47. The van der Waals surface area contributed by atoms with E-state index < -0.39 is 0 Å². The van der Waals surface area contributed by atoms with Crippen LogP contribution in [0.1, 0.15) is 15.9 Å². The second-order valence-corrected chi connectivity index (χ2v) is 6.02. The summed E-state index contributed by atoms with van der Waals surface area (Å²) in [5.41, 5.74) is 1.34. The monoisotopic (exact) mass is 433 g/mol. The van der Waals surface area contributed by atoms with E-state index in [1.807, 2.05) is 18.2 Å². The van der Waals surface area contributed by atoms with Gasteiger partial charge in [0.25, 0.3) is 5.91 Å². The minimum Gasteiger partial charge on any atom is -0.348 e. The van der Waals surface area contributed by atoms with Crippen LogP contribution in [0, 0.1) is 9.39 Å². The van der Waals surface area contributed by atoms with E-state index in [-0.39, 0.29) is 11.7 Å². The Morgan fingerprint density at radius 2 is 2.00 bits per heavy atom. The summed E-state index contributed by atoms with van der Waals surface area (Å²) in [6, 6.07) is 11.9. The molecule has 0 aliphatic carbocycles. The van der Waals surface area contributed by atoms with Crippen LogP contribution in [0.2, 0.25) is 0 Å². The lowest BCUT2D eigenvalue weighted by Crippen LogP contribution is -2.23. The Morgan fingerprint density at radius 1 is 1.26 bits per heavy atom. The van der Waals surface area contributed by atoms with Crippen molar-refractivity contribution in [3.05, 3.63) is 67.5 Å². The van der Waals surface area contributed by atoms with Gasteiger partial charge in [-0.1, -0.05) is 28.1 Å². The summed E-state index contributed by atoms with van der Waals surface area (Å²) >= 11 is 5.33. The van der Waals surface area contributed by atoms with Crippen LogP contribution in [0.4, 0.5) is 4.39 Å². The molecule has 19 heavy (non-hydrogen) atoms. The fourth-order valence-electron chi connectivity index (χ4n) is 1.64. The van der Waals surface area contributed by atoms with Crippen molar-refractivity contribution in [2.75, 3.05) is 0 Å². The molecule has 0 aromatic heterocycles. The standard InChI is InChI=1S/C14H10BrFINO/c15-10-5-9(6-11(16)7-10)8-18-14(19)12-3-1-2-4-13(12)17/h1-7H,8H2,(H,18,19). The summed E-state index contributed by atoms with van der Waals surface area (Å²) in [5.74, 6) is -0.488. The van der Waals surface area contributed by atoms with Gasteiger partial charge in [-0.05, 0) is 58.5 Å². The highest BCUT2D eigenvalue weighted by Crippen LogP contribution is 2.15. The van der Waals surface area contributed by atoms with E-state index >= 15 is 0 Å². The molecule has 0 aliphatic rings. The van der Waals surface area contributed by atoms with Crippen molar-refractivity contribution in [3.8, 4) is 0 Å². The van der Waals surface area contributed by atoms with Crippen molar-refractivity contribution in [2.24, 2.45) is 0 Å². The van der Waals surface area contributed by atoms with E-state index in [9.17, 15) is 9.18 Å². The van der Waals surface area contributed by atoms with Crippen LogP contribution in [0.15, 0.2) is 46.9 Å². The summed E-state index contributed by atoms with van der Waals surface area (Å²) in [6.45, 7) is 0.292. The summed E-state index contributed by atoms with van der Waals surface area (Å²) in [4.78, 5) is 12.0. The minimum atomic E-state index is -0.326. The second-order valence-electron chi connectivity index (χ2n) is 3.94. The zero-order valence-corrected chi connectivity index (χ0v) is 13.5. The Kier molecular flexibility index (Phi) is 4.93. The fraction of sp³-hybridized carbons (Fsp3) is 0.0714. The molecule has 0 spiro atoms. The molecule has 1 N–H and O–H groups in total. The molecule has 2 aromatic carbocycles. The Hall–Kier alpha value is -0.950. The third kappa shape index (κ3) is 4.01. The molecule has 2 nitrogen and oxygen atoms in total. The summed E-state index contributed by atoms with van der Waals surface area (Å²) in [7, 11) is 0. The van der Waals surface area contributed by atoms with E-state index in [0.717, 1.165) is 3.57 Å². The average Bonchev–Trinajstić information content (AvgIpc) is 2.35. The van der Waals surface area contributed by atoms with Crippen LogP contribution in [-0.2, 0) is 6.54 Å². The molecular formula is C14H10BrFINO. The van der Waals surface area contributed by atoms with Crippen molar-refractivity contribution in [3.63, 3.8) is 0 Å². The summed E-state index contributed by atoms with van der Waals surface area (Å²) in [6.07, 6.45) is 0. The maximum atomic E-state index is 13.2. The Morgan fingerprint density at radius 3 is 2.68 bits per heavy atom. The molecule has 0 fully saturated rings. The molecule has 5 heteroatoms. The third-order valence-corrected chi connectivity index (χ3v) is 3.89. The summed E-state index contributed by atoms with van der Waals surface area (Å²) < 4.78 is 14.7. The lowest BCUT2D eigenvalue weighted by molar-refractivity contribution is 0.0950. The first-order chi connectivity index (χ1) is 9.06. The normalized spacial score (nSPS) is 10.3. The Bertz CT molecular complexity index is 598. The summed E-state index contributed by atoms with van der Waals surface area (Å²) in [5, 5.41) is 2.78. The van der Waals surface area contributed by atoms with Crippen molar-refractivity contribution >= 4 is 44.4 Å². The topological polar surface area (TPSA) is 29.1 Å². The van der Waals surface area contributed by atoms with E-state index in [1.54, 1.807) is 12.1 Å². The highest BCUT2D eigenvalue weighted by Gasteiger charge is 2.09. The SMILES string of the molecule is O=C(NCc1cc(F)cc(Br)c1)c1ccccc1I. The van der Waals surface area contributed by atoms with E-state index in [0.29, 0.717) is 22.1 Å². The van der Waals surface area contributed by atoms with Gasteiger partial charge in [0, 0.05) is 14.6 Å². The molecule has 0 heterocycles. The molecule has 0 atom stereocenters. The van der Waals surface area contributed by atoms with Crippen LogP contribution < -0.4 is 5.32 Å². The van der Waals surface area contributed by atoms with E-state index in [4.69, 9.17) is 0 Å². The number of carbonyl (C=O) groups is 1. The number of carbonyl (C=O) groups excluding carboxylic acids is 1. The largest absolute Gasteiger partial charge is 0.348 e. The lowest BCUT2D eigenvalue weighted by atomic mass is 10.2. The predicted octanol–water partition coefficient (Wildman–Crippen LogP) is 4.12. The maximum Gasteiger partial charge on any atom is 0.252 e. The van der Waals surface area contributed by atoms with Crippen molar-refractivity contribution in [2.45, 2.75) is 6.54 Å². The van der Waals surface area contributed by atoms with E-state index in [1.165, 1.54) is 12.1 Å². The van der Waals surface area contributed by atoms with Gasteiger partial charge in [-0.25, -0.2) is 4.39 Å². The molecule has 0 unspecified atom stereocenters. The maximum absolute atomic E-state index is 13.2. The zero-order valence-electron chi connectivity index (χ0n) is 9.79. The van der Waals surface area contributed by atoms with Crippen LogP contribution in [0.3, 0.4) is 0 Å². The molecule has 2 aromatic rings. The molecule has 0 saturated carbocycles. The minimum absolute atomic E-state index is 0.162. The molecule has 0 aliphatic heterocycles. The molecule has 0 radical (unpaired) electrons. The zero-order chi connectivity index (χ0) is 13.8. The Labute approximate surface area is 132 Å². The van der Waals surface area contributed by atoms with Crippen LogP contribution in [-0.4, -0.2) is 5.91 Å². The number of hydrogen-bond acceptors (Lipinski definition) is 1. The number of benzene rings is 2. The number of rotatable bonds is 3. The van der Waals surface area contributed by atoms with Crippen LogP contribution in [0.5, 0.6) is 0 Å². The Balaban J connectivity index is 2.07. The van der Waals surface area contributed by atoms with Crippen molar-refractivity contribution < 1.29 is 9.18 Å². The first-order valence-corrected chi connectivity index (χ1v) is 7.41. The number of hydrogen-bond donors (Lipinski definition) is 1. The smallest absolute Gasteiger partial charge is 0.252 e. The predicted molar refractivity (Wildman–Crippen MR) is 84.4 cm³/mol. The van der Waals surface area contributed by atoms with Gasteiger partial charge in [0.1, 0.15) is 5.82 Å². The lowest BCUT2D eigenvalue weighted by Gasteiger charge is -2.07. The van der Waals surface area contributed by atoms with E-state index in [2.05, 4.69) is 43.8 Å². The van der Waals surface area contributed by atoms with Gasteiger partial charge in [0.05, 0.1) is 5.56 Å².